The van der Waals surface area contributed by atoms with Gasteiger partial charge in [0.2, 0.25) is 16.5 Å². The molecule has 28 heavy (non-hydrogen) atoms. The van der Waals surface area contributed by atoms with Crippen LogP contribution in [0, 0.1) is 38.6 Å². The Hall–Kier alpha value is -1.88. The summed E-state index contributed by atoms with van der Waals surface area (Å²) in [6.07, 6.45) is 5.15. The van der Waals surface area contributed by atoms with Crippen molar-refractivity contribution in [3.05, 3.63) is 38.6 Å². The van der Waals surface area contributed by atoms with Gasteiger partial charge in [-0.15, -0.1) is 0 Å². The molecule has 0 atom stereocenters. The number of nitrogens with one attached hydrogen (secondary N) is 2. The minimum Gasteiger partial charge on any atom is -0.308 e. The molecule has 2 N–H and O–H groups in total. The van der Waals surface area contributed by atoms with Crippen molar-refractivity contribution in [2.75, 3.05) is 11.4 Å². The van der Waals surface area contributed by atoms with Gasteiger partial charge in [-0.2, -0.15) is 4.98 Å². The normalized spacial score (nSPS) is 11.1. The summed E-state index contributed by atoms with van der Waals surface area (Å²) in [6.45, 7) is 2.03. The Kier molecular flexibility index (Phi) is 8.05. The number of halogens is 5. The van der Waals surface area contributed by atoms with Crippen molar-refractivity contribution in [3.8, 4) is 0 Å². The highest BCUT2D eigenvalue weighted by Gasteiger charge is 2.30. The van der Waals surface area contributed by atoms with E-state index in [2.05, 4.69) is 21.9 Å². The van der Waals surface area contributed by atoms with Gasteiger partial charge < -0.3 is 14.9 Å². The number of aromatic amines is 2. The van der Waals surface area contributed by atoms with Gasteiger partial charge in [0.05, 0.1) is 0 Å². The molecular weight excluding hydrogens is 419 g/mol. The van der Waals surface area contributed by atoms with Gasteiger partial charge in [-0.05, 0) is 30.9 Å². The number of benzene rings is 1. The van der Waals surface area contributed by atoms with E-state index in [1.54, 1.807) is 0 Å². The molecular formula is C17H19F5N4S2. The SMILES string of the molecule is CCCCCCCCN(c1nc(=S)[nH]c(=S)[nH]1)c1c(F)c(F)c(F)c(F)c1F. The fourth-order valence-electron chi connectivity index (χ4n) is 2.71. The average Bonchev–Trinajstić information content (AvgIpc) is 2.65. The van der Waals surface area contributed by atoms with E-state index in [0.29, 0.717) is 12.8 Å². The topological polar surface area (TPSA) is 47.7 Å². The van der Waals surface area contributed by atoms with Crippen LogP contribution in [0.25, 0.3) is 0 Å². The van der Waals surface area contributed by atoms with Crippen molar-refractivity contribution in [1.82, 2.24) is 15.0 Å². The van der Waals surface area contributed by atoms with Gasteiger partial charge in [0.1, 0.15) is 5.69 Å². The molecule has 0 amide bonds. The quantitative estimate of drug-likeness (QED) is 0.157. The summed E-state index contributed by atoms with van der Waals surface area (Å²) in [4.78, 5) is 9.84. The lowest BCUT2D eigenvalue weighted by Crippen LogP contribution is -2.25. The van der Waals surface area contributed by atoms with Crippen molar-refractivity contribution >= 4 is 36.1 Å². The maximum atomic E-state index is 14.4. The fraction of sp³-hybridized carbons (Fsp3) is 0.471. The van der Waals surface area contributed by atoms with Gasteiger partial charge in [-0.3, -0.25) is 0 Å². The van der Waals surface area contributed by atoms with Crippen LogP contribution in [0.1, 0.15) is 45.4 Å². The molecule has 1 aromatic carbocycles. The minimum absolute atomic E-state index is 0.00631. The highest BCUT2D eigenvalue weighted by Crippen LogP contribution is 2.33. The summed E-state index contributed by atoms with van der Waals surface area (Å²) < 4.78 is 69.4. The number of nitrogens with zero attached hydrogens (tertiary/aromatic N) is 2. The number of hydrogen-bond acceptors (Lipinski definition) is 4. The summed E-state index contributed by atoms with van der Waals surface area (Å²) in [5.41, 5.74) is -1.09. The van der Waals surface area contributed by atoms with Crippen LogP contribution < -0.4 is 4.90 Å². The third-order valence-electron chi connectivity index (χ3n) is 4.10. The predicted molar refractivity (Wildman–Crippen MR) is 101 cm³/mol. The number of anilines is 2. The van der Waals surface area contributed by atoms with Crippen LogP contribution >= 0.6 is 24.4 Å². The molecule has 0 spiro atoms. The zero-order valence-electron chi connectivity index (χ0n) is 15.1. The lowest BCUT2D eigenvalue weighted by atomic mass is 10.1. The third kappa shape index (κ3) is 5.13. The molecule has 0 aliphatic rings. The summed E-state index contributed by atoms with van der Waals surface area (Å²) in [7, 11) is 0. The Labute approximate surface area is 168 Å². The number of aromatic nitrogens is 3. The van der Waals surface area contributed by atoms with E-state index in [4.69, 9.17) is 24.4 Å². The van der Waals surface area contributed by atoms with E-state index in [1.807, 2.05) is 0 Å². The van der Waals surface area contributed by atoms with E-state index >= 15 is 0 Å². The molecule has 154 valence electrons. The molecule has 4 nitrogen and oxygen atoms in total. The molecule has 0 fully saturated rings. The first-order valence-corrected chi connectivity index (χ1v) is 9.59. The number of rotatable bonds is 9. The van der Waals surface area contributed by atoms with Gasteiger partial charge in [-0.1, -0.05) is 39.0 Å². The van der Waals surface area contributed by atoms with Gasteiger partial charge in [0, 0.05) is 6.54 Å². The molecule has 1 heterocycles. The van der Waals surface area contributed by atoms with Crippen LogP contribution in [0.4, 0.5) is 33.6 Å². The molecule has 0 saturated heterocycles. The van der Waals surface area contributed by atoms with Crippen LogP contribution in [-0.4, -0.2) is 21.5 Å². The maximum Gasteiger partial charge on any atom is 0.212 e. The first-order chi connectivity index (χ1) is 13.3. The molecule has 0 radical (unpaired) electrons. The lowest BCUT2D eigenvalue weighted by molar-refractivity contribution is 0.379. The average molecular weight is 438 g/mol. The predicted octanol–water partition coefficient (Wildman–Crippen LogP) is 6.39. The molecule has 0 unspecified atom stereocenters. The van der Waals surface area contributed by atoms with E-state index in [1.165, 1.54) is 0 Å². The zero-order valence-corrected chi connectivity index (χ0v) is 16.7. The van der Waals surface area contributed by atoms with Crippen LogP contribution in [0.3, 0.4) is 0 Å². The number of unbranched alkanes of at least 4 members (excludes halogenated alkanes) is 5. The Morgan fingerprint density at radius 2 is 1.32 bits per heavy atom. The van der Waals surface area contributed by atoms with E-state index < -0.39 is 34.8 Å². The van der Waals surface area contributed by atoms with Gasteiger partial charge in [-0.25, -0.2) is 22.0 Å². The summed E-state index contributed by atoms with van der Waals surface area (Å²) in [5, 5.41) is 0. The van der Waals surface area contributed by atoms with Gasteiger partial charge in [0.25, 0.3) is 0 Å². The van der Waals surface area contributed by atoms with Crippen LogP contribution in [0.5, 0.6) is 0 Å². The van der Waals surface area contributed by atoms with Crippen LogP contribution in [-0.2, 0) is 0 Å². The van der Waals surface area contributed by atoms with Crippen molar-refractivity contribution in [1.29, 1.82) is 0 Å². The third-order valence-corrected chi connectivity index (χ3v) is 4.50. The second kappa shape index (κ2) is 10.1. The second-order valence-corrected chi connectivity index (χ2v) is 6.95. The van der Waals surface area contributed by atoms with E-state index in [-0.39, 0.29) is 22.0 Å². The summed E-state index contributed by atoms with van der Waals surface area (Å²) in [6, 6.07) is 0. The number of hydrogen-bond donors (Lipinski definition) is 2. The fourth-order valence-corrected chi connectivity index (χ4v) is 3.16. The monoisotopic (exact) mass is 438 g/mol. The molecule has 11 heteroatoms. The maximum absolute atomic E-state index is 14.4. The van der Waals surface area contributed by atoms with E-state index in [0.717, 1.165) is 30.6 Å². The first kappa shape index (κ1) is 22.4. The van der Waals surface area contributed by atoms with Crippen molar-refractivity contribution < 1.29 is 22.0 Å². The highest BCUT2D eigenvalue weighted by molar-refractivity contribution is 7.71. The molecule has 0 aliphatic carbocycles. The standard InChI is InChI=1S/C17H19F5N4S2/c1-2-3-4-5-6-7-8-26(15-23-16(27)25-17(28)24-15)14-12(21)10(19)9(18)11(20)13(14)22/h2-8H2,1H3,(H2,23,24,25,27,28). The van der Waals surface area contributed by atoms with Crippen molar-refractivity contribution in [3.63, 3.8) is 0 Å². The Morgan fingerprint density at radius 3 is 1.89 bits per heavy atom. The van der Waals surface area contributed by atoms with Gasteiger partial charge >= 0.3 is 0 Å². The van der Waals surface area contributed by atoms with E-state index in [9.17, 15) is 22.0 Å². The second-order valence-electron chi connectivity index (χ2n) is 6.16. The summed E-state index contributed by atoms with van der Waals surface area (Å²) >= 11 is 9.84. The Balaban J connectivity index is 2.45. The number of H-pyrrole nitrogens is 2. The van der Waals surface area contributed by atoms with Crippen molar-refractivity contribution in [2.24, 2.45) is 0 Å². The van der Waals surface area contributed by atoms with Crippen LogP contribution in [0.2, 0.25) is 0 Å². The smallest absolute Gasteiger partial charge is 0.212 e. The van der Waals surface area contributed by atoms with Crippen LogP contribution in [0.15, 0.2) is 0 Å². The lowest BCUT2D eigenvalue weighted by Gasteiger charge is -2.24. The summed E-state index contributed by atoms with van der Waals surface area (Å²) in [5.74, 6) is -10.4. The zero-order chi connectivity index (χ0) is 20.8. The van der Waals surface area contributed by atoms with Crippen molar-refractivity contribution in [2.45, 2.75) is 45.4 Å². The molecule has 2 rings (SSSR count). The molecule has 0 saturated carbocycles. The minimum atomic E-state index is -2.22. The highest BCUT2D eigenvalue weighted by atomic mass is 32.1. The first-order valence-electron chi connectivity index (χ1n) is 8.77. The Bertz CT molecular complexity index is 887. The Morgan fingerprint density at radius 1 is 0.786 bits per heavy atom. The molecule has 0 aliphatic heterocycles. The van der Waals surface area contributed by atoms with Gasteiger partial charge in [0.15, 0.2) is 28.0 Å². The molecule has 1 aromatic heterocycles. The largest absolute Gasteiger partial charge is 0.308 e. The molecule has 0 bridgehead atoms. The molecule has 2 aromatic rings.